The van der Waals surface area contributed by atoms with E-state index in [4.69, 9.17) is 5.26 Å². The number of fused-ring (bicyclic) bond motifs is 1. The first-order valence-electron chi connectivity index (χ1n) is 4.37. The summed E-state index contributed by atoms with van der Waals surface area (Å²) in [6.45, 7) is 0. The lowest BCUT2D eigenvalue weighted by molar-refractivity contribution is -0.112. The number of Topliss-reactive ketones (excluding diaryl/α,β-unsaturated/α-hetero) is 1. The van der Waals surface area contributed by atoms with Crippen LogP contribution >= 0.6 is 0 Å². The Hall–Kier alpha value is -1.95. The highest BCUT2D eigenvalue weighted by molar-refractivity contribution is 6.42. The quantitative estimate of drug-likeness (QED) is 0.703. The van der Waals surface area contributed by atoms with E-state index >= 15 is 0 Å². The summed E-state index contributed by atoms with van der Waals surface area (Å²) in [5, 5.41) is 8.39. The van der Waals surface area contributed by atoms with E-state index in [1.165, 1.54) is 0 Å². The van der Waals surface area contributed by atoms with Gasteiger partial charge in [0.25, 0.3) is 0 Å². The highest BCUT2D eigenvalue weighted by Crippen LogP contribution is 2.26. The molecular weight excluding hydrogens is 176 g/mol. The molecule has 0 atom stereocenters. The summed E-state index contributed by atoms with van der Waals surface area (Å²) in [6.07, 6.45) is 0.490. The Labute approximate surface area is 81.7 Å². The van der Waals surface area contributed by atoms with Gasteiger partial charge in [-0.1, -0.05) is 18.2 Å². The fourth-order valence-electron chi connectivity index (χ4n) is 1.47. The molecule has 68 valence electrons. The zero-order valence-electron chi connectivity index (χ0n) is 7.53. The lowest BCUT2D eigenvalue weighted by atomic mass is 10.1. The number of nitriles is 1. The SMILES string of the molecule is N#CCC(=O)C1=Nc2ccccc2C1. The third-order valence-corrected chi connectivity index (χ3v) is 2.17. The molecule has 0 saturated carbocycles. The van der Waals surface area contributed by atoms with E-state index in [-0.39, 0.29) is 12.2 Å². The zero-order chi connectivity index (χ0) is 9.97. The number of carbonyl (C=O) groups excluding carboxylic acids is 1. The molecule has 0 amide bonds. The third-order valence-electron chi connectivity index (χ3n) is 2.17. The van der Waals surface area contributed by atoms with Gasteiger partial charge in [-0.15, -0.1) is 0 Å². The first kappa shape index (κ1) is 8.64. The van der Waals surface area contributed by atoms with Crippen LogP contribution in [0.5, 0.6) is 0 Å². The number of aliphatic imine (C=N–C) groups is 1. The molecule has 0 aromatic heterocycles. The van der Waals surface area contributed by atoms with Crippen molar-refractivity contribution in [2.45, 2.75) is 12.8 Å². The Morgan fingerprint density at radius 1 is 1.50 bits per heavy atom. The molecular formula is C11H8N2O. The smallest absolute Gasteiger partial charge is 0.191 e. The maximum Gasteiger partial charge on any atom is 0.191 e. The second-order valence-electron chi connectivity index (χ2n) is 3.12. The van der Waals surface area contributed by atoms with E-state index in [1.54, 1.807) is 0 Å². The molecule has 0 N–H and O–H groups in total. The second kappa shape index (κ2) is 3.43. The van der Waals surface area contributed by atoms with Gasteiger partial charge in [0.1, 0.15) is 0 Å². The highest BCUT2D eigenvalue weighted by atomic mass is 16.1. The first-order valence-corrected chi connectivity index (χ1v) is 4.37. The summed E-state index contributed by atoms with van der Waals surface area (Å²) in [4.78, 5) is 15.5. The molecule has 0 unspecified atom stereocenters. The van der Waals surface area contributed by atoms with Crippen molar-refractivity contribution in [3.05, 3.63) is 29.8 Å². The van der Waals surface area contributed by atoms with Crippen molar-refractivity contribution in [3.63, 3.8) is 0 Å². The normalized spacial score (nSPS) is 12.9. The number of hydrogen-bond acceptors (Lipinski definition) is 3. The molecule has 0 fully saturated rings. The molecule has 0 spiro atoms. The molecule has 2 rings (SSSR count). The number of para-hydroxylation sites is 1. The topological polar surface area (TPSA) is 53.2 Å². The molecule has 14 heavy (non-hydrogen) atoms. The van der Waals surface area contributed by atoms with E-state index in [0.717, 1.165) is 11.3 Å². The van der Waals surface area contributed by atoms with Crippen LogP contribution < -0.4 is 0 Å². The van der Waals surface area contributed by atoms with Crippen molar-refractivity contribution >= 4 is 17.2 Å². The zero-order valence-corrected chi connectivity index (χ0v) is 7.53. The summed E-state index contributed by atoms with van der Waals surface area (Å²) >= 11 is 0. The lowest BCUT2D eigenvalue weighted by Gasteiger charge is -1.93. The molecule has 1 aromatic rings. The second-order valence-corrected chi connectivity index (χ2v) is 3.12. The summed E-state index contributed by atoms with van der Waals surface area (Å²) in [5.41, 5.74) is 2.43. The molecule has 1 aliphatic rings. The minimum Gasteiger partial charge on any atom is -0.292 e. The van der Waals surface area contributed by atoms with Gasteiger partial charge in [-0.2, -0.15) is 5.26 Å². The van der Waals surface area contributed by atoms with Gasteiger partial charge < -0.3 is 0 Å². The summed E-state index contributed by atoms with van der Waals surface area (Å²) < 4.78 is 0. The fourth-order valence-corrected chi connectivity index (χ4v) is 1.47. The van der Waals surface area contributed by atoms with Crippen LogP contribution in [-0.2, 0) is 11.2 Å². The maximum atomic E-state index is 11.4. The predicted octanol–water partition coefficient (Wildman–Crippen LogP) is 1.80. The van der Waals surface area contributed by atoms with Crippen LogP contribution in [0.15, 0.2) is 29.3 Å². The molecule has 1 aliphatic heterocycles. The van der Waals surface area contributed by atoms with Crippen molar-refractivity contribution in [1.82, 2.24) is 0 Å². The van der Waals surface area contributed by atoms with Gasteiger partial charge >= 0.3 is 0 Å². The highest BCUT2D eigenvalue weighted by Gasteiger charge is 2.19. The monoisotopic (exact) mass is 184 g/mol. The Morgan fingerprint density at radius 3 is 3.00 bits per heavy atom. The molecule has 0 bridgehead atoms. The van der Waals surface area contributed by atoms with Crippen LogP contribution in [-0.4, -0.2) is 11.5 Å². The van der Waals surface area contributed by atoms with Crippen LogP contribution in [0.1, 0.15) is 12.0 Å². The number of carbonyl (C=O) groups is 1. The number of nitrogens with zero attached hydrogens (tertiary/aromatic N) is 2. The Bertz CT molecular complexity index is 455. The molecule has 3 nitrogen and oxygen atoms in total. The Balaban J connectivity index is 2.24. The number of hydrogen-bond donors (Lipinski definition) is 0. The van der Waals surface area contributed by atoms with Crippen LogP contribution in [0.3, 0.4) is 0 Å². The molecule has 0 saturated heterocycles. The predicted molar refractivity (Wildman–Crippen MR) is 52.5 cm³/mol. The van der Waals surface area contributed by atoms with E-state index in [0.29, 0.717) is 12.1 Å². The summed E-state index contributed by atoms with van der Waals surface area (Å²) in [5.74, 6) is -0.163. The van der Waals surface area contributed by atoms with Gasteiger partial charge in [0, 0.05) is 6.42 Å². The minimum absolute atomic E-state index is 0.0766. The molecule has 3 heteroatoms. The van der Waals surface area contributed by atoms with Gasteiger partial charge in [0.05, 0.1) is 23.9 Å². The Morgan fingerprint density at radius 2 is 2.29 bits per heavy atom. The van der Waals surface area contributed by atoms with Crippen molar-refractivity contribution in [2.24, 2.45) is 4.99 Å². The van der Waals surface area contributed by atoms with Crippen LogP contribution in [0, 0.1) is 11.3 Å². The number of benzene rings is 1. The van der Waals surface area contributed by atoms with Crippen LogP contribution in [0.25, 0.3) is 0 Å². The third kappa shape index (κ3) is 1.42. The number of rotatable bonds is 2. The first-order chi connectivity index (χ1) is 6.81. The van der Waals surface area contributed by atoms with E-state index in [2.05, 4.69) is 4.99 Å². The minimum atomic E-state index is -0.163. The van der Waals surface area contributed by atoms with Gasteiger partial charge in [-0.25, -0.2) is 4.99 Å². The van der Waals surface area contributed by atoms with Gasteiger partial charge in [0.15, 0.2) is 5.78 Å². The van der Waals surface area contributed by atoms with Crippen LogP contribution in [0.4, 0.5) is 5.69 Å². The largest absolute Gasteiger partial charge is 0.292 e. The number of ketones is 1. The van der Waals surface area contributed by atoms with E-state index < -0.39 is 0 Å². The molecule has 1 aromatic carbocycles. The van der Waals surface area contributed by atoms with Crippen molar-refractivity contribution in [2.75, 3.05) is 0 Å². The summed E-state index contributed by atoms with van der Waals surface area (Å²) in [7, 11) is 0. The van der Waals surface area contributed by atoms with E-state index in [9.17, 15) is 4.79 Å². The maximum absolute atomic E-state index is 11.4. The van der Waals surface area contributed by atoms with Crippen molar-refractivity contribution < 1.29 is 4.79 Å². The van der Waals surface area contributed by atoms with Crippen LogP contribution in [0.2, 0.25) is 0 Å². The van der Waals surface area contributed by atoms with Gasteiger partial charge in [-0.3, -0.25) is 4.79 Å². The standard InChI is InChI=1S/C11H8N2O/c12-6-5-11(14)10-7-8-3-1-2-4-9(8)13-10/h1-4H,5,7H2. The summed E-state index contributed by atoms with van der Waals surface area (Å²) in [6, 6.07) is 9.48. The molecule has 0 radical (unpaired) electrons. The lowest BCUT2D eigenvalue weighted by Crippen LogP contribution is -2.12. The fraction of sp³-hybridized carbons (Fsp3) is 0.182. The average Bonchev–Trinajstić information content (AvgIpc) is 2.61. The van der Waals surface area contributed by atoms with Crippen molar-refractivity contribution in [3.8, 4) is 6.07 Å². The van der Waals surface area contributed by atoms with Gasteiger partial charge in [-0.05, 0) is 11.6 Å². The van der Waals surface area contributed by atoms with Crippen molar-refractivity contribution in [1.29, 1.82) is 5.26 Å². The van der Waals surface area contributed by atoms with E-state index in [1.807, 2.05) is 30.3 Å². The molecule has 0 aliphatic carbocycles. The Kier molecular flexibility index (Phi) is 2.11. The average molecular weight is 184 g/mol. The van der Waals surface area contributed by atoms with Gasteiger partial charge in [0.2, 0.25) is 0 Å². The molecule has 1 heterocycles.